The lowest BCUT2D eigenvalue weighted by Gasteiger charge is -2.63. The average molecular weight is 946 g/mol. The molecular formula is C51H72N5O10P. The zero-order valence-corrected chi connectivity index (χ0v) is 41.7. The van der Waals surface area contributed by atoms with Gasteiger partial charge in [-0.3, -0.25) is 24.0 Å². The number of nitrogens with zero attached hydrogens (tertiary/aromatic N) is 3. The second kappa shape index (κ2) is 17.3. The predicted molar refractivity (Wildman–Crippen MR) is 256 cm³/mol. The van der Waals surface area contributed by atoms with Crippen LogP contribution < -0.4 is 15.0 Å². The Bertz CT molecular complexity index is 2490. The number of likely N-dealkylation sites (N-methyl/N-ethyl adjacent to an activating group) is 1. The molecule has 11 atom stereocenters. The van der Waals surface area contributed by atoms with E-state index < -0.39 is 70.8 Å². The highest BCUT2D eigenvalue weighted by Gasteiger charge is 2.79. The molecule has 1 aliphatic carbocycles. The molecule has 5 aliphatic heterocycles. The summed E-state index contributed by atoms with van der Waals surface area (Å²) < 4.78 is 38.5. The molecule has 2 aromatic carbocycles. The number of hydrogen-bond donors (Lipinski definition) is 5. The Morgan fingerprint density at radius 2 is 1.72 bits per heavy atom. The number of H-pyrrole nitrogens is 1. The summed E-state index contributed by atoms with van der Waals surface area (Å²) in [5.41, 5.74) is -2.27. The van der Waals surface area contributed by atoms with Gasteiger partial charge in [0.25, 0.3) is 5.91 Å². The predicted octanol–water partition coefficient (Wildman–Crippen LogP) is 5.61. The number of amides is 1. The van der Waals surface area contributed by atoms with E-state index in [0.29, 0.717) is 88.2 Å². The molecule has 1 aromatic heterocycles. The molecule has 1 spiro atoms. The summed E-state index contributed by atoms with van der Waals surface area (Å²) in [5.74, 6) is -2.61. The van der Waals surface area contributed by atoms with Gasteiger partial charge in [0, 0.05) is 84.0 Å². The first-order chi connectivity index (χ1) is 31.9. The Morgan fingerprint density at radius 3 is 2.37 bits per heavy atom. The summed E-state index contributed by atoms with van der Waals surface area (Å²) in [6.07, 6.45) is 5.32. The first-order valence-electron chi connectivity index (χ1n) is 24.5. The number of piperidine rings is 1. The molecule has 0 radical (unpaired) electrons. The Kier molecular flexibility index (Phi) is 12.4. The van der Waals surface area contributed by atoms with Crippen LogP contribution in [0, 0.1) is 17.3 Å². The molecule has 5 N–H and O–H groups in total. The molecule has 3 fully saturated rings. The number of carbonyl (C=O) groups is 2. The summed E-state index contributed by atoms with van der Waals surface area (Å²) >= 11 is 0. The highest BCUT2D eigenvalue weighted by atomic mass is 31.2. The lowest BCUT2D eigenvalue weighted by Crippen LogP contribution is -2.82. The van der Waals surface area contributed by atoms with Gasteiger partial charge >= 0.3 is 13.6 Å². The van der Waals surface area contributed by atoms with Gasteiger partial charge in [-0.15, -0.1) is 0 Å². The number of esters is 1. The summed E-state index contributed by atoms with van der Waals surface area (Å²) in [4.78, 5) is 41.4. The third-order valence-corrected chi connectivity index (χ3v) is 19.7. The van der Waals surface area contributed by atoms with E-state index in [1.807, 2.05) is 76.1 Å². The maximum Gasteiger partial charge on any atom is 0.352 e. The van der Waals surface area contributed by atoms with Gasteiger partial charge in [0.2, 0.25) is 0 Å². The number of ether oxygens (including phenoxy) is 2. The minimum Gasteiger partial charge on any atom is -0.496 e. The smallest absolute Gasteiger partial charge is 0.352 e. The van der Waals surface area contributed by atoms with E-state index in [1.54, 1.807) is 21.0 Å². The van der Waals surface area contributed by atoms with Gasteiger partial charge in [0.1, 0.15) is 23.1 Å². The fraction of sp³-hybridized carbons (Fsp3) is 0.647. The van der Waals surface area contributed by atoms with Crippen molar-refractivity contribution in [2.24, 2.45) is 17.3 Å². The molecule has 2 saturated heterocycles. The van der Waals surface area contributed by atoms with E-state index in [9.17, 15) is 19.9 Å². The highest BCUT2D eigenvalue weighted by Crippen LogP contribution is 2.68. The fourth-order valence-electron chi connectivity index (χ4n) is 14.4. The molecule has 15 nitrogen and oxygen atoms in total. The fourth-order valence-corrected chi connectivity index (χ4v) is 16.6. The zero-order chi connectivity index (χ0) is 48.1. The summed E-state index contributed by atoms with van der Waals surface area (Å²) in [6, 6.07) is 10.7. The monoisotopic (exact) mass is 946 g/mol. The number of aromatic amines is 1. The third-order valence-electron chi connectivity index (χ3n) is 17.1. The van der Waals surface area contributed by atoms with Crippen molar-refractivity contribution in [2.75, 3.05) is 72.1 Å². The number of aliphatic hydroxyl groups excluding tert-OH is 1. The maximum atomic E-state index is 15.5. The Labute approximate surface area is 395 Å². The number of aliphatic hydroxyl groups is 3. The summed E-state index contributed by atoms with van der Waals surface area (Å²) in [6.45, 7) is 14.4. The molecule has 2 bridgehead atoms. The van der Waals surface area contributed by atoms with Crippen molar-refractivity contribution in [2.45, 2.75) is 126 Å². The molecule has 67 heavy (non-hydrogen) atoms. The van der Waals surface area contributed by atoms with Gasteiger partial charge < -0.3 is 49.0 Å². The SMILES string of the molecule is CCOP(=O)(OCC)[C@H](NC(=O)[C@@]1(O)[C@H](O)[C@]2(CC)C=CCN3CC[C@@]4(c5cc([C@@]6(C(=O)OC)CC7CN(CCc8c6[nH]c6ccccc86)C[C@](O)(CC)C7)c(OC)cc5N(C)[C@@H]14)[C@@H]32)C(C)C. The van der Waals surface area contributed by atoms with Crippen LogP contribution in [-0.4, -0.2) is 144 Å². The normalized spacial score (nSPS) is 34.9. The standard InChI is InChI=1S/C51H72N5O10P/c1-10-47(60)27-32-28-50(46(59)64-9,40-34(19-23-55(29-32)30-47)33-17-14-15-18-37(33)52-40)36-25-35-38(26-39(36)63-8)54(7)43-49(35)21-24-56-22-16-20-48(11-2,42(49)56)44(57)51(43,61)45(58)53-41(31(5)6)67(62,65-12-3)66-13-4/h14-18,20,25-26,31-32,41-44,52,57,60-61H,10-13,19,21-24,27-30H2,1-9H3,(H,53,58)/t32?,41-,42-,43+,44+,47-,48+,49+,50-,51-/m0/s1. The second-order valence-corrected chi connectivity index (χ2v) is 22.8. The molecule has 3 aromatic rings. The van der Waals surface area contributed by atoms with E-state index >= 15 is 9.59 Å². The first-order valence-corrected chi connectivity index (χ1v) is 26.2. The van der Waals surface area contributed by atoms with Crippen molar-refractivity contribution < 1.29 is 48.0 Å². The van der Waals surface area contributed by atoms with Crippen LogP contribution in [0.4, 0.5) is 5.69 Å². The molecule has 2 unspecified atom stereocenters. The molecule has 1 amide bonds. The van der Waals surface area contributed by atoms with Crippen LogP contribution in [0.25, 0.3) is 10.9 Å². The molecule has 16 heteroatoms. The van der Waals surface area contributed by atoms with Gasteiger partial charge in [-0.25, -0.2) is 0 Å². The van der Waals surface area contributed by atoms with Gasteiger partial charge in [-0.05, 0) is 94.0 Å². The molecule has 366 valence electrons. The van der Waals surface area contributed by atoms with E-state index in [1.165, 1.54) is 7.11 Å². The lowest BCUT2D eigenvalue weighted by molar-refractivity contribution is -0.203. The van der Waals surface area contributed by atoms with Crippen LogP contribution in [0.15, 0.2) is 48.6 Å². The lowest BCUT2D eigenvalue weighted by atomic mass is 9.47. The second-order valence-electron chi connectivity index (χ2n) is 20.7. The number of hydrogen-bond acceptors (Lipinski definition) is 13. The van der Waals surface area contributed by atoms with Crippen LogP contribution in [0.1, 0.15) is 96.0 Å². The number of benzene rings is 2. The Balaban J connectivity index is 1.31. The van der Waals surface area contributed by atoms with Gasteiger partial charge in [-0.2, -0.15) is 0 Å². The van der Waals surface area contributed by atoms with Gasteiger partial charge in [-0.1, -0.05) is 58.0 Å². The van der Waals surface area contributed by atoms with Crippen LogP contribution in [0.5, 0.6) is 5.75 Å². The molecule has 6 heterocycles. The van der Waals surface area contributed by atoms with Crippen LogP contribution in [0.2, 0.25) is 0 Å². The highest BCUT2D eigenvalue weighted by molar-refractivity contribution is 7.54. The number of aromatic nitrogens is 1. The Morgan fingerprint density at radius 1 is 0.985 bits per heavy atom. The minimum absolute atomic E-state index is 0.0734. The number of rotatable bonds is 13. The minimum atomic E-state index is -3.97. The average Bonchev–Trinajstić information content (AvgIpc) is 3.97. The summed E-state index contributed by atoms with van der Waals surface area (Å²) in [7, 11) is 0.898. The van der Waals surface area contributed by atoms with E-state index in [2.05, 4.69) is 32.2 Å². The zero-order valence-electron chi connectivity index (χ0n) is 40.8. The van der Waals surface area contributed by atoms with Crippen LogP contribution in [0.3, 0.4) is 0 Å². The number of methoxy groups -OCH3 is 2. The van der Waals surface area contributed by atoms with Gasteiger partial charge in [0.15, 0.2) is 5.60 Å². The maximum absolute atomic E-state index is 15.5. The number of para-hydroxylation sites is 1. The summed E-state index contributed by atoms with van der Waals surface area (Å²) in [5, 5.41) is 42.9. The third kappa shape index (κ3) is 6.79. The quantitative estimate of drug-likeness (QED) is 0.0810. The van der Waals surface area contributed by atoms with E-state index in [4.69, 9.17) is 18.5 Å². The van der Waals surface area contributed by atoms with Crippen molar-refractivity contribution in [1.82, 2.24) is 20.1 Å². The van der Waals surface area contributed by atoms with Crippen molar-refractivity contribution in [3.05, 3.63) is 70.9 Å². The van der Waals surface area contributed by atoms with E-state index in [-0.39, 0.29) is 25.2 Å². The number of anilines is 1. The van der Waals surface area contributed by atoms with Crippen LogP contribution >= 0.6 is 7.60 Å². The topological polar surface area (TPSA) is 186 Å². The van der Waals surface area contributed by atoms with Crippen molar-refractivity contribution >= 4 is 36.1 Å². The van der Waals surface area contributed by atoms with E-state index in [0.717, 1.165) is 27.7 Å². The Hall–Kier alpha value is -3.79. The van der Waals surface area contributed by atoms with Gasteiger partial charge in [0.05, 0.1) is 39.1 Å². The molecule has 1 saturated carbocycles. The molecular weight excluding hydrogens is 874 g/mol. The number of nitrogens with one attached hydrogen (secondary N) is 2. The molecule has 9 rings (SSSR count). The largest absolute Gasteiger partial charge is 0.496 e. The number of fused-ring (bicyclic) bond motifs is 6. The van der Waals surface area contributed by atoms with Crippen molar-refractivity contribution in [3.63, 3.8) is 0 Å². The van der Waals surface area contributed by atoms with Crippen molar-refractivity contribution in [3.8, 4) is 5.75 Å². The first kappa shape index (κ1) is 48.2. The number of carbonyl (C=O) groups excluding carboxylic acids is 2. The van der Waals surface area contributed by atoms with Crippen LogP contribution in [-0.2, 0) is 45.2 Å². The van der Waals surface area contributed by atoms with Crippen molar-refractivity contribution in [1.29, 1.82) is 0 Å². The molecule has 6 aliphatic rings.